The Hall–Kier alpha value is -4.11. The van der Waals surface area contributed by atoms with E-state index in [1.54, 1.807) is 49.3 Å². The molecule has 0 spiro atoms. The van der Waals surface area contributed by atoms with Crippen LogP contribution in [0, 0.1) is 6.92 Å². The molecule has 1 N–H and O–H groups in total. The van der Waals surface area contributed by atoms with E-state index in [0.29, 0.717) is 55.3 Å². The minimum atomic E-state index is -0.633. The highest BCUT2D eigenvalue weighted by molar-refractivity contribution is 5.95. The monoisotopic (exact) mass is 532 g/mol. The van der Waals surface area contributed by atoms with Gasteiger partial charge in [-0.05, 0) is 43.7 Å². The van der Waals surface area contributed by atoms with Crippen LogP contribution >= 0.6 is 0 Å². The van der Waals surface area contributed by atoms with Crippen molar-refractivity contribution in [3.8, 4) is 5.75 Å². The molecule has 2 heterocycles. The highest BCUT2D eigenvalue weighted by atomic mass is 16.5. The Kier molecular flexibility index (Phi) is 9.03. The molecule has 9 heteroatoms. The minimum absolute atomic E-state index is 0.0338. The first kappa shape index (κ1) is 27.9. The Bertz CT molecular complexity index is 1230. The van der Waals surface area contributed by atoms with Crippen molar-refractivity contribution in [1.82, 2.24) is 20.0 Å². The van der Waals surface area contributed by atoms with Gasteiger partial charge in [0, 0.05) is 50.5 Å². The number of benzene rings is 2. The minimum Gasteiger partial charge on any atom is -0.497 e. The topological polar surface area (TPSA) is 91.4 Å². The lowest BCUT2D eigenvalue weighted by Gasteiger charge is -2.40. The number of urea groups is 1. The maximum Gasteiger partial charge on any atom is 0.338 e. The number of nitrogens with zero attached hydrogens (tertiary/aromatic N) is 3. The largest absolute Gasteiger partial charge is 0.497 e. The summed E-state index contributed by atoms with van der Waals surface area (Å²) in [5.74, 6) is 0.209. The molecule has 9 nitrogen and oxygen atoms in total. The van der Waals surface area contributed by atoms with E-state index >= 15 is 0 Å². The normalized spacial score (nSPS) is 18.0. The van der Waals surface area contributed by atoms with Gasteiger partial charge >= 0.3 is 12.0 Å². The van der Waals surface area contributed by atoms with Crippen molar-refractivity contribution in [2.24, 2.45) is 0 Å². The third kappa shape index (κ3) is 6.31. The highest BCUT2D eigenvalue weighted by Gasteiger charge is 2.38. The van der Waals surface area contributed by atoms with Crippen LogP contribution in [0.3, 0.4) is 0 Å². The van der Waals surface area contributed by atoms with Crippen molar-refractivity contribution in [2.75, 3.05) is 53.0 Å². The molecule has 1 saturated heterocycles. The van der Waals surface area contributed by atoms with Gasteiger partial charge in [-0.1, -0.05) is 35.9 Å². The fraction of sp³-hybridized carbons (Fsp3) is 0.367. The van der Waals surface area contributed by atoms with Gasteiger partial charge in [-0.3, -0.25) is 14.6 Å². The molecule has 1 fully saturated rings. The Labute approximate surface area is 229 Å². The van der Waals surface area contributed by atoms with Crippen LogP contribution in [0.2, 0.25) is 0 Å². The number of nitrogens with one attached hydrogen (secondary N) is 1. The average Bonchev–Trinajstić information content (AvgIpc) is 2.95. The highest BCUT2D eigenvalue weighted by Crippen LogP contribution is 2.32. The third-order valence-electron chi connectivity index (χ3n) is 7.03. The van der Waals surface area contributed by atoms with Gasteiger partial charge in [0.25, 0.3) is 5.91 Å². The van der Waals surface area contributed by atoms with Crippen molar-refractivity contribution in [3.63, 3.8) is 0 Å². The lowest BCUT2D eigenvalue weighted by atomic mass is 9.93. The number of methoxy groups -OCH3 is 1. The zero-order valence-corrected chi connectivity index (χ0v) is 22.8. The standard InChI is InChI=1S/C30H36N4O5/c1-5-15-34-25(20-32-16-18-33(19-17-32)28(35)23-11-13-24(38-4)14-12-23)26(29(36)39-6-2)27(31-30(34)37)22-9-7-21(3)8-10-22/h5,7-14,27H,1,6,15-20H2,2-4H3,(H,31,37). The van der Waals surface area contributed by atoms with E-state index in [4.69, 9.17) is 9.47 Å². The second-order valence-electron chi connectivity index (χ2n) is 9.57. The molecular weight excluding hydrogens is 496 g/mol. The predicted molar refractivity (Wildman–Crippen MR) is 148 cm³/mol. The Morgan fingerprint density at radius 2 is 1.72 bits per heavy atom. The first-order chi connectivity index (χ1) is 18.9. The lowest BCUT2D eigenvalue weighted by molar-refractivity contribution is -0.139. The SMILES string of the molecule is C=CCN1C(=O)NC(c2ccc(C)cc2)C(C(=O)OCC)=C1CN1CCN(C(=O)c2ccc(OC)cc2)CC1. The zero-order valence-electron chi connectivity index (χ0n) is 22.8. The van der Waals surface area contributed by atoms with Gasteiger partial charge in [0.1, 0.15) is 5.75 Å². The maximum absolute atomic E-state index is 13.3. The predicted octanol–water partition coefficient (Wildman–Crippen LogP) is 3.53. The molecule has 39 heavy (non-hydrogen) atoms. The van der Waals surface area contributed by atoms with Crippen molar-refractivity contribution in [1.29, 1.82) is 0 Å². The Balaban J connectivity index is 1.59. The number of hydrogen-bond acceptors (Lipinski definition) is 6. The van der Waals surface area contributed by atoms with E-state index in [1.165, 1.54) is 0 Å². The maximum atomic E-state index is 13.3. The molecule has 206 valence electrons. The molecule has 2 aliphatic heterocycles. The molecule has 4 rings (SSSR count). The van der Waals surface area contributed by atoms with E-state index in [1.807, 2.05) is 36.1 Å². The second kappa shape index (κ2) is 12.6. The molecule has 2 aromatic rings. The summed E-state index contributed by atoms with van der Waals surface area (Å²) in [7, 11) is 1.59. The summed E-state index contributed by atoms with van der Waals surface area (Å²) < 4.78 is 10.7. The van der Waals surface area contributed by atoms with Crippen LogP contribution in [0.15, 0.2) is 72.5 Å². The van der Waals surface area contributed by atoms with E-state index in [2.05, 4.69) is 16.8 Å². The first-order valence-corrected chi connectivity index (χ1v) is 13.2. The zero-order chi connectivity index (χ0) is 27.9. The number of ether oxygens (including phenoxy) is 2. The van der Waals surface area contributed by atoms with Crippen LogP contribution < -0.4 is 10.1 Å². The number of hydrogen-bond donors (Lipinski definition) is 1. The first-order valence-electron chi connectivity index (χ1n) is 13.2. The van der Waals surface area contributed by atoms with Gasteiger partial charge in [0.2, 0.25) is 0 Å². The summed E-state index contributed by atoms with van der Waals surface area (Å²) in [5.41, 5.74) is 3.51. The molecule has 2 aliphatic rings. The molecule has 3 amide bonds. The Morgan fingerprint density at radius 1 is 1.05 bits per heavy atom. The summed E-state index contributed by atoms with van der Waals surface area (Å²) in [6.45, 7) is 10.6. The van der Waals surface area contributed by atoms with Crippen LogP contribution in [0.5, 0.6) is 5.75 Å². The van der Waals surface area contributed by atoms with E-state index in [-0.39, 0.29) is 25.1 Å². The summed E-state index contributed by atoms with van der Waals surface area (Å²) in [6, 6.07) is 13.9. The van der Waals surface area contributed by atoms with Crippen molar-refractivity contribution in [3.05, 3.63) is 89.1 Å². The number of amides is 3. The van der Waals surface area contributed by atoms with Crippen molar-refractivity contribution in [2.45, 2.75) is 19.9 Å². The van der Waals surface area contributed by atoms with Gasteiger partial charge in [-0.15, -0.1) is 6.58 Å². The number of carbonyl (C=O) groups excluding carboxylic acids is 3. The number of carbonyl (C=O) groups is 3. The summed E-state index contributed by atoms with van der Waals surface area (Å²) in [5, 5.41) is 2.99. The van der Waals surface area contributed by atoms with Gasteiger partial charge in [-0.25, -0.2) is 9.59 Å². The third-order valence-corrected chi connectivity index (χ3v) is 7.03. The second-order valence-corrected chi connectivity index (χ2v) is 9.57. The summed E-state index contributed by atoms with van der Waals surface area (Å²) in [6.07, 6.45) is 1.64. The summed E-state index contributed by atoms with van der Waals surface area (Å²) in [4.78, 5) is 45.2. The van der Waals surface area contributed by atoms with Gasteiger partial charge in [0.05, 0.1) is 25.3 Å². The Morgan fingerprint density at radius 3 is 2.31 bits per heavy atom. The van der Waals surface area contributed by atoms with E-state index in [9.17, 15) is 14.4 Å². The molecule has 2 aromatic carbocycles. The number of rotatable bonds is 9. The molecule has 0 aliphatic carbocycles. The van der Waals surface area contributed by atoms with Gasteiger partial charge in [0.15, 0.2) is 0 Å². The van der Waals surface area contributed by atoms with E-state index in [0.717, 1.165) is 11.1 Å². The fourth-order valence-electron chi connectivity index (χ4n) is 4.89. The summed E-state index contributed by atoms with van der Waals surface area (Å²) >= 11 is 0. The number of piperazine rings is 1. The van der Waals surface area contributed by atoms with Gasteiger partial charge in [-0.2, -0.15) is 0 Å². The molecule has 0 radical (unpaired) electrons. The van der Waals surface area contributed by atoms with Gasteiger partial charge < -0.3 is 19.7 Å². The smallest absolute Gasteiger partial charge is 0.338 e. The quantitative estimate of drug-likeness (QED) is 0.393. The van der Waals surface area contributed by atoms with Crippen LogP contribution in [0.25, 0.3) is 0 Å². The molecule has 1 atom stereocenters. The van der Waals surface area contributed by atoms with Crippen molar-refractivity contribution < 1.29 is 23.9 Å². The molecular formula is C30H36N4O5. The molecule has 1 unspecified atom stereocenters. The fourth-order valence-corrected chi connectivity index (χ4v) is 4.89. The van der Waals surface area contributed by atoms with Crippen LogP contribution in [-0.2, 0) is 9.53 Å². The molecule has 0 aromatic heterocycles. The van der Waals surface area contributed by atoms with Crippen molar-refractivity contribution >= 4 is 17.9 Å². The molecule has 0 bridgehead atoms. The van der Waals surface area contributed by atoms with E-state index < -0.39 is 12.0 Å². The molecule has 0 saturated carbocycles. The number of esters is 1. The average molecular weight is 533 g/mol. The lowest BCUT2D eigenvalue weighted by Crippen LogP contribution is -2.53. The van der Waals surface area contributed by atoms with Crippen LogP contribution in [-0.4, -0.2) is 85.6 Å². The van der Waals surface area contributed by atoms with Crippen LogP contribution in [0.4, 0.5) is 4.79 Å². The number of aryl methyl sites for hydroxylation is 1. The van der Waals surface area contributed by atoms with Crippen LogP contribution in [0.1, 0.15) is 34.5 Å².